The number of hydrogen-bond donors (Lipinski definition) is 1. The van der Waals surface area contributed by atoms with E-state index in [1.54, 1.807) is 11.1 Å². The lowest BCUT2D eigenvalue weighted by atomic mass is 9.76. The minimum absolute atomic E-state index is 0.461. The number of rotatable bonds is 4. The van der Waals surface area contributed by atoms with Crippen molar-refractivity contribution in [2.45, 2.75) is 64.8 Å². The average molecular weight is 257 g/mol. The summed E-state index contributed by atoms with van der Waals surface area (Å²) in [5, 5.41) is 3.77. The van der Waals surface area contributed by atoms with Crippen molar-refractivity contribution in [3.05, 3.63) is 34.9 Å². The average Bonchev–Trinajstić information content (AvgIpc) is 3.04. The molecule has 1 nitrogen and oxygen atoms in total. The summed E-state index contributed by atoms with van der Waals surface area (Å²) in [4.78, 5) is 0. The van der Waals surface area contributed by atoms with Crippen LogP contribution in [-0.4, -0.2) is 6.54 Å². The third-order valence-corrected chi connectivity index (χ3v) is 5.31. The second-order valence-corrected chi connectivity index (χ2v) is 6.73. The van der Waals surface area contributed by atoms with Crippen molar-refractivity contribution in [2.75, 3.05) is 6.54 Å². The van der Waals surface area contributed by atoms with Gasteiger partial charge in [-0.1, -0.05) is 44.9 Å². The number of benzene rings is 1. The highest BCUT2D eigenvalue weighted by Crippen LogP contribution is 2.47. The van der Waals surface area contributed by atoms with E-state index in [-0.39, 0.29) is 0 Å². The largest absolute Gasteiger partial charge is 0.310 e. The van der Waals surface area contributed by atoms with Crippen molar-refractivity contribution in [3.8, 4) is 0 Å². The first-order valence-corrected chi connectivity index (χ1v) is 8.08. The Labute approximate surface area is 117 Å². The summed E-state index contributed by atoms with van der Waals surface area (Å²) in [5.41, 5.74) is 5.20. The molecule has 1 N–H and O–H groups in total. The summed E-state index contributed by atoms with van der Waals surface area (Å²) in [6.45, 7) is 5.79. The molecule has 1 heteroatoms. The second kappa shape index (κ2) is 5.28. The van der Waals surface area contributed by atoms with E-state index in [0.717, 1.165) is 6.54 Å². The van der Waals surface area contributed by atoms with Gasteiger partial charge in [0, 0.05) is 6.04 Å². The predicted octanol–water partition coefficient (Wildman–Crippen LogP) is 4.41. The Kier molecular flexibility index (Phi) is 3.66. The van der Waals surface area contributed by atoms with E-state index >= 15 is 0 Å². The van der Waals surface area contributed by atoms with Crippen molar-refractivity contribution >= 4 is 0 Å². The van der Waals surface area contributed by atoms with Gasteiger partial charge >= 0.3 is 0 Å². The van der Waals surface area contributed by atoms with Gasteiger partial charge in [0.25, 0.3) is 0 Å². The van der Waals surface area contributed by atoms with Crippen LogP contribution in [0.5, 0.6) is 0 Å². The van der Waals surface area contributed by atoms with Crippen molar-refractivity contribution in [3.63, 3.8) is 0 Å². The highest BCUT2D eigenvalue weighted by atomic mass is 14.9. The topological polar surface area (TPSA) is 12.0 Å². The van der Waals surface area contributed by atoms with Gasteiger partial charge < -0.3 is 5.32 Å². The molecule has 2 aliphatic rings. The molecule has 1 saturated carbocycles. The van der Waals surface area contributed by atoms with Gasteiger partial charge in [0.1, 0.15) is 0 Å². The van der Waals surface area contributed by atoms with E-state index < -0.39 is 0 Å². The van der Waals surface area contributed by atoms with Gasteiger partial charge in [0.15, 0.2) is 0 Å². The van der Waals surface area contributed by atoms with Gasteiger partial charge in [-0.25, -0.2) is 0 Å². The zero-order valence-corrected chi connectivity index (χ0v) is 12.5. The molecule has 0 heterocycles. The van der Waals surface area contributed by atoms with Crippen LogP contribution < -0.4 is 5.32 Å². The van der Waals surface area contributed by atoms with E-state index in [4.69, 9.17) is 0 Å². The standard InChI is InChI=1S/C18H27N/c1-3-19-17(18(2)11-4-5-12-18)16-10-9-14-7-6-8-15(14)13-16/h9-10,13,17,19H,3-8,11-12H2,1-2H3. The molecule has 19 heavy (non-hydrogen) atoms. The van der Waals surface area contributed by atoms with Crippen LogP contribution in [0.3, 0.4) is 0 Å². The fraction of sp³-hybridized carbons (Fsp3) is 0.667. The van der Waals surface area contributed by atoms with Crippen LogP contribution in [0.25, 0.3) is 0 Å². The Bertz CT molecular complexity index is 443. The third kappa shape index (κ3) is 2.45. The van der Waals surface area contributed by atoms with E-state index in [2.05, 4.69) is 37.4 Å². The third-order valence-electron chi connectivity index (χ3n) is 5.31. The molecule has 1 fully saturated rings. The maximum Gasteiger partial charge on any atom is 0.0374 e. The number of aryl methyl sites for hydroxylation is 2. The summed E-state index contributed by atoms with van der Waals surface area (Å²) in [7, 11) is 0. The van der Waals surface area contributed by atoms with Crippen LogP contribution in [0.15, 0.2) is 18.2 Å². The maximum atomic E-state index is 3.77. The predicted molar refractivity (Wildman–Crippen MR) is 81.5 cm³/mol. The summed E-state index contributed by atoms with van der Waals surface area (Å²) < 4.78 is 0. The first-order valence-electron chi connectivity index (χ1n) is 8.08. The molecule has 1 aromatic rings. The van der Waals surface area contributed by atoms with Crippen LogP contribution in [0.2, 0.25) is 0 Å². The fourth-order valence-electron chi connectivity index (χ4n) is 4.21. The lowest BCUT2D eigenvalue weighted by Gasteiger charge is -2.35. The van der Waals surface area contributed by atoms with Gasteiger partial charge in [-0.15, -0.1) is 0 Å². The van der Waals surface area contributed by atoms with Crippen molar-refractivity contribution in [1.82, 2.24) is 5.32 Å². The summed E-state index contributed by atoms with van der Waals surface area (Å²) in [6.07, 6.45) is 9.50. The molecule has 0 spiro atoms. The smallest absolute Gasteiger partial charge is 0.0374 e. The Hall–Kier alpha value is -0.820. The lowest BCUT2D eigenvalue weighted by molar-refractivity contribution is 0.226. The van der Waals surface area contributed by atoms with Gasteiger partial charge in [-0.05, 0) is 60.8 Å². The molecule has 1 aromatic carbocycles. The Balaban J connectivity index is 1.91. The van der Waals surface area contributed by atoms with Crippen LogP contribution >= 0.6 is 0 Å². The van der Waals surface area contributed by atoms with Crippen molar-refractivity contribution < 1.29 is 0 Å². The molecule has 3 rings (SSSR count). The van der Waals surface area contributed by atoms with Crippen molar-refractivity contribution in [1.29, 1.82) is 0 Å². The maximum absolute atomic E-state index is 3.77. The molecule has 0 bridgehead atoms. The zero-order valence-electron chi connectivity index (χ0n) is 12.5. The van der Waals surface area contributed by atoms with E-state index in [9.17, 15) is 0 Å². The van der Waals surface area contributed by atoms with Gasteiger partial charge in [0.05, 0.1) is 0 Å². The van der Waals surface area contributed by atoms with E-state index in [1.165, 1.54) is 50.5 Å². The van der Waals surface area contributed by atoms with Crippen LogP contribution in [0, 0.1) is 5.41 Å². The molecule has 0 saturated heterocycles. The molecule has 0 radical (unpaired) electrons. The van der Waals surface area contributed by atoms with Crippen molar-refractivity contribution in [2.24, 2.45) is 5.41 Å². The monoisotopic (exact) mass is 257 g/mol. The zero-order chi connectivity index (χ0) is 13.3. The van der Waals surface area contributed by atoms with Gasteiger partial charge in [0.2, 0.25) is 0 Å². The first kappa shape index (κ1) is 13.2. The molecule has 1 unspecified atom stereocenters. The van der Waals surface area contributed by atoms with Crippen LogP contribution in [0.4, 0.5) is 0 Å². The highest BCUT2D eigenvalue weighted by molar-refractivity contribution is 5.37. The number of fused-ring (bicyclic) bond motifs is 1. The summed E-state index contributed by atoms with van der Waals surface area (Å²) in [5.74, 6) is 0. The molecular weight excluding hydrogens is 230 g/mol. The summed E-state index contributed by atoms with van der Waals surface area (Å²) >= 11 is 0. The lowest BCUT2D eigenvalue weighted by Crippen LogP contribution is -2.34. The van der Waals surface area contributed by atoms with Crippen LogP contribution in [-0.2, 0) is 12.8 Å². The van der Waals surface area contributed by atoms with Gasteiger partial charge in [-0.3, -0.25) is 0 Å². The number of hydrogen-bond acceptors (Lipinski definition) is 1. The van der Waals surface area contributed by atoms with E-state index in [1.807, 2.05) is 0 Å². The SMILES string of the molecule is CCNC(c1ccc2c(c1)CCC2)C1(C)CCCC1. The molecule has 0 amide bonds. The Morgan fingerprint density at radius 3 is 2.58 bits per heavy atom. The normalized spacial score (nSPS) is 22.4. The number of nitrogens with one attached hydrogen (secondary N) is 1. The van der Waals surface area contributed by atoms with Gasteiger partial charge in [-0.2, -0.15) is 0 Å². The van der Waals surface area contributed by atoms with Crippen LogP contribution in [0.1, 0.15) is 68.7 Å². The van der Waals surface area contributed by atoms with E-state index in [0.29, 0.717) is 11.5 Å². The minimum Gasteiger partial charge on any atom is -0.310 e. The minimum atomic E-state index is 0.461. The Morgan fingerprint density at radius 2 is 1.84 bits per heavy atom. The first-order chi connectivity index (χ1) is 9.23. The highest BCUT2D eigenvalue weighted by Gasteiger charge is 2.37. The molecule has 104 valence electrons. The summed E-state index contributed by atoms with van der Waals surface area (Å²) in [6, 6.07) is 7.83. The molecular formula is C18H27N. The molecule has 1 atom stereocenters. The Morgan fingerprint density at radius 1 is 1.11 bits per heavy atom. The second-order valence-electron chi connectivity index (χ2n) is 6.73. The molecule has 0 aliphatic heterocycles. The quantitative estimate of drug-likeness (QED) is 0.842. The molecule has 2 aliphatic carbocycles. The fourth-order valence-corrected chi connectivity index (χ4v) is 4.21. The molecule has 0 aromatic heterocycles.